The van der Waals surface area contributed by atoms with E-state index in [4.69, 9.17) is 23.2 Å². The molecule has 0 spiro atoms. The van der Waals surface area contributed by atoms with E-state index in [9.17, 15) is 4.79 Å². The molecule has 1 aliphatic carbocycles. The molecule has 0 radical (unpaired) electrons. The quantitative estimate of drug-likeness (QED) is 0.702. The number of halogens is 2. The number of amides is 1. The Morgan fingerprint density at radius 3 is 2.76 bits per heavy atom. The zero-order chi connectivity index (χ0) is 20.5. The van der Waals surface area contributed by atoms with Gasteiger partial charge in [0.05, 0.1) is 28.2 Å². The molecule has 1 saturated carbocycles. The highest BCUT2D eigenvalue weighted by atomic mass is 35.5. The van der Waals surface area contributed by atoms with Crippen LogP contribution in [0.3, 0.4) is 0 Å². The highest BCUT2D eigenvalue weighted by Crippen LogP contribution is 2.43. The number of likely N-dealkylation sites (tertiary alicyclic amines) is 1. The van der Waals surface area contributed by atoms with E-state index in [-0.39, 0.29) is 5.91 Å². The molecular weight excluding hydrogens is 407 g/mol. The first-order chi connectivity index (χ1) is 13.9. The van der Waals surface area contributed by atoms with Crippen LogP contribution in [0.1, 0.15) is 61.5 Å². The van der Waals surface area contributed by atoms with Crippen LogP contribution >= 0.6 is 23.2 Å². The molecule has 29 heavy (non-hydrogen) atoms. The van der Waals surface area contributed by atoms with Crippen molar-refractivity contribution in [2.75, 3.05) is 19.6 Å². The largest absolute Gasteiger partial charge is 0.352 e. The third-order valence-corrected chi connectivity index (χ3v) is 6.52. The van der Waals surface area contributed by atoms with Gasteiger partial charge in [0, 0.05) is 30.1 Å². The van der Waals surface area contributed by atoms with E-state index in [1.807, 2.05) is 10.7 Å². The SMILES string of the molecule is CC(C)N1CCC[C@@H](CNC(=O)c2cnn(-c3ccc(Cl)cc3Cl)c2C2CC2)C1. The van der Waals surface area contributed by atoms with Gasteiger partial charge in [0.1, 0.15) is 0 Å². The average molecular weight is 435 g/mol. The van der Waals surface area contributed by atoms with E-state index in [2.05, 4.69) is 29.2 Å². The fourth-order valence-corrected chi connectivity index (χ4v) is 4.68. The van der Waals surface area contributed by atoms with Gasteiger partial charge >= 0.3 is 0 Å². The number of benzene rings is 1. The van der Waals surface area contributed by atoms with Gasteiger partial charge in [-0.3, -0.25) is 4.79 Å². The van der Waals surface area contributed by atoms with Crippen molar-refractivity contribution in [3.05, 3.63) is 45.7 Å². The Bertz CT molecular complexity index is 891. The molecule has 0 unspecified atom stereocenters. The van der Waals surface area contributed by atoms with Crippen LogP contribution in [0.5, 0.6) is 0 Å². The van der Waals surface area contributed by atoms with Crippen LogP contribution in [-0.4, -0.2) is 46.3 Å². The van der Waals surface area contributed by atoms with Crippen LogP contribution in [0, 0.1) is 5.92 Å². The van der Waals surface area contributed by atoms with Gasteiger partial charge in [0.25, 0.3) is 5.91 Å². The van der Waals surface area contributed by atoms with E-state index in [0.29, 0.717) is 40.0 Å². The van der Waals surface area contributed by atoms with Crippen molar-refractivity contribution in [2.45, 2.75) is 51.5 Å². The highest BCUT2D eigenvalue weighted by molar-refractivity contribution is 6.35. The van der Waals surface area contributed by atoms with Crippen LogP contribution in [0.4, 0.5) is 0 Å². The molecule has 7 heteroatoms. The van der Waals surface area contributed by atoms with Crippen LogP contribution in [0.25, 0.3) is 5.69 Å². The standard InChI is InChI=1S/C22H28Cl2N4O/c1-14(2)27-9-3-4-15(13-27)11-25-22(29)18-12-26-28(21(18)16-5-6-16)20-8-7-17(23)10-19(20)24/h7-8,10,12,14-16H,3-6,9,11,13H2,1-2H3,(H,25,29)/t15-/m0/s1. The number of nitrogens with one attached hydrogen (secondary N) is 1. The maximum Gasteiger partial charge on any atom is 0.254 e. The third-order valence-electron chi connectivity index (χ3n) is 5.99. The molecule has 1 N–H and O–H groups in total. The number of aromatic nitrogens is 2. The number of rotatable bonds is 6. The van der Waals surface area contributed by atoms with Crippen molar-refractivity contribution in [1.82, 2.24) is 20.0 Å². The van der Waals surface area contributed by atoms with Gasteiger partial charge in [-0.2, -0.15) is 5.10 Å². The Morgan fingerprint density at radius 2 is 2.07 bits per heavy atom. The number of hydrogen-bond acceptors (Lipinski definition) is 3. The first-order valence-corrected chi connectivity index (χ1v) is 11.2. The molecule has 2 aromatic rings. The smallest absolute Gasteiger partial charge is 0.254 e. The molecule has 1 aromatic heterocycles. The second-order valence-corrected chi connectivity index (χ2v) is 9.38. The van der Waals surface area contributed by atoms with Crippen molar-refractivity contribution >= 4 is 29.1 Å². The molecule has 1 saturated heterocycles. The Hall–Kier alpha value is -1.56. The fourth-order valence-electron chi connectivity index (χ4n) is 4.19. The number of hydrogen-bond donors (Lipinski definition) is 1. The summed E-state index contributed by atoms with van der Waals surface area (Å²) < 4.78 is 1.81. The molecule has 1 atom stereocenters. The van der Waals surface area contributed by atoms with Crippen LogP contribution in [0.15, 0.2) is 24.4 Å². The monoisotopic (exact) mass is 434 g/mol. The summed E-state index contributed by atoms with van der Waals surface area (Å²) in [4.78, 5) is 15.5. The Balaban J connectivity index is 1.50. The number of piperidine rings is 1. The molecule has 1 aromatic carbocycles. The lowest BCUT2D eigenvalue weighted by atomic mass is 9.97. The fraction of sp³-hybridized carbons (Fsp3) is 0.545. The summed E-state index contributed by atoms with van der Waals surface area (Å²) in [6.07, 6.45) is 6.18. The molecule has 156 valence electrons. The van der Waals surface area contributed by atoms with E-state index in [1.165, 1.54) is 12.8 Å². The molecule has 0 bridgehead atoms. The average Bonchev–Trinajstić information content (AvgIpc) is 3.45. The lowest BCUT2D eigenvalue weighted by Crippen LogP contribution is -2.43. The van der Waals surface area contributed by atoms with E-state index in [1.54, 1.807) is 18.3 Å². The summed E-state index contributed by atoms with van der Waals surface area (Å²) in [6, 6.07) is 5.91. The molecule has 1 amide bonds. The highest BCUT2D eigenvalue weighted by Gasteiger charge is 2.33. The normalized spacial score (nSPS) is 20.2. The Kier molecular flexibility index (Phi) is 6.19. The summed E-state index contributed by atoms with van der Waals surface area (Å²) in [5, 5.41) is 8.79. The maximum atomic E-state index is 13.0. The van der Waals surface area contributed by atoms with Crippen LogP contribution in [-0.2, 0) is 0 Å². The van der Waals surface area contributed by atoms with Gasteiger partial charge in [-0.05, 0) is 70.2 Å². The number of carbonyl (C=O) groups is 1. The molecular formula is C22H28Cl2N4O. The van der Waals surface area contributed by atoms with Gasteiger partial charge in [0.2, 0.25) is 0 Å². The molecule has 2 fully saturated rings. The van der Waals surface area contributed by atoms with Crippen molar-refractivity contribution in [3.8, 4) is 5.69 Å². The topological polar surface area (TPSA) is 50.2 Å². The van der Waals surface area contributed by atoms with Crippen molar-refractivity contribution in [1.29, 1.82) is 0 Å². The maximum absolute atomic E-state index is 13.0. The minimum atomic E-state index is -0.0371. The Labute approximate surface area is 182 Å². The molecule has 2 heterocycles. The Morgan fingerprint density at radius 1 is 1.28 bits per heavy atom. The predicted molar refractivity (Wildman–Crippen MR) is 117 cm³/mol. The first kappa shape index (κ1) is 20.7. The molecule has 4 rings (SSSR count). The molecule has 1 aliphatic heterocycles. The number of nitrogens with zero attached hydrogens (tertiary/aromatic N) is 3. The summed E-state index contributed by atoms with van der Waals surface area (Å²) in [6.45, 7) is 7.38. The van der Waals surface area contributed by atoms with Crippen molar-refractivity contribution in [3.63, 3.8) is 0 Å². The van der Waals surface area contributed by atoms with Gasteiger partial charge in [0.15, 0.2) is 0 Å². The van der Waals surface area contributed by atoms with E-state index < -0.39 is 0 Å². The van der Waals surface area contributed by atoms with E-state index in [0.717, 1.165) is 37.3 Å². The zero-order valence-electron chi connectivity index (χ0n) is 17.0. The van der Waals surface area contributed by atoms with Gasteiger partial charge in [-0.15, -0.1) is 0 Å². The predicted octanol–water partition coefficient (Wildman–Crippen LogP) is 4.91. The lowest BCUT2D eigenvalue weighted by Gasteiger charge is -2.35. The zero-order valence-corrected chi connectivity index (χ0v) is 18.5. The van der Waals surface area contributed by atoms with E-state index >= 15 is 0 Å². The summed E-state index contributed by atoms with van der Waals surface area (Å²) in [7, 11) is 0. The van der Waals surface area contributed by atoms with Crippen LogP contribution < -0.4 is 5.32 Å². The summed E-state index contributed by atoms with van der Waals surface area (Å²) in [5.41, 5.74) is 2.38. The van der Waals surface area contributed by atoms with Gasteiger partial charge in [-0.1, -0.05) is 23.2 Å². The minimum absolute atomic E-state index is 0.0371. The van der Waals surface area contributed by atoms with Crippen molar-refractivity contribution in [2.24, 2.45) is 5.92 Å². The second-order valence-electron chi connectivity index (χ2n) is 8.53. The second kappa shape index (κ2) is 8.66. The summed E-state index contributed by atoms with van der Waals surface area (Å²) in [5.74, 6) is 0.821. The molecule has 5 nitrogen and oxygen atoms in total. The number of carbonyl (C=O) groups excluding carboxylic acids is 1. The summed E-state index contributed by atoms with van der Waals surface area (Å²) >= 11 is 12.4. The lowest BCUT2D eigenvalue weighted by molar-refractivity contribution is 0.0921. The molecule has 2 aliphatic rings. The van der Waals surface area contributed by atoms with Crippen LogP contribution in [0.2, 0.25) is 10.0 Å². The van der Waals surface area contributed by atoms with Crippen molar-refractivity contribution < 1.29 is 4.79 Å². The first-order valence-electron chi connectivity index (χ1n) is 10.5. The minimum Gasteiger partial charge on any atom is -0.352 e. The third kappa shape index (κ3) is 4.62. The van der Waals surface area contributed by atoms with Gasteiger partial charge < -0.3 is 10.2 Å². The van der Waals surface area contributed by atoms with Gasteiger partial charge in [-0.25, -0.2) is 4.68 Å².